The van der Waals surface area contributed by atoms with Gasteiger partial charge in [-0.1, -0.05) is 0 Å². The van der Waals surface area contributed by atoms with Gasteiger partial charge in [-0.2, -0.15) is 0 Å². The van der Waals surface area contributed by atoms with E-state index in [-0.39, 0.29) is 0 Å². The van der Waals surface area contributed by atoms with E-state index in [1.807, 2.05) is 0 Å². The average Bonchev–Trinajstić information content (AvgIpc) is 2.74. The molecule has 0 bridgehead atoms. The van der Waals surface area contributed by atoms with Gasteiger partial charge in [0, 0.05) is 12.6 Å². The lowest BCUT2D eigenvalue weighted by Gasteiger charge is -2.10. The van der Waals surface area contributed by atoms with Gasteiger partial charge in [0.05, 0.1) is 5.69 Å². The van der Waals surface area contributed by atoms with Crippen molar-refractivity contribution in [1.82, 2.24) is 5.32 Å². The molecule has 1 heterocycles. The molecule has 0 aromatic heterocycles. The van der Waals surface area contributed by atoms with Crippen LogP contribution < -0.4 is 10.6 Å². The smallest absolute Gasteiger partial charge is 0.149 e. The molecule has 1 aliphatic rings. The Kier molecular flexibility index (Phi) is 3.72. The first-order valence-corrected chi connectivity index (χ1v) is 5.65. The molecule has 88 valence electrons. The van der Waals surface area contributed by atoms with Crippen molar-refractivity contribution >= 4 is 5.69 Å². The first kappa shape index (κ1) is 11.3. The molecule has 0 aliphatic carbocycles. The van der Waals surface area contributed by atoms with Crippen molar-refractivity contribution in [2.75, 3.05) is 25.0 Å². The molecule has 1 unspecified atom stereocenters. The van der Waals surface area contributed by atoms with Crippen LogP contribution in [0.1, 0.15) is 12.8 Å². The van der Waals surface area contributed by atoms with Crippen LogP contribution in [0.15, 0.2) is 18.2 Å². The summed E-state index contributed by atoms with van der Waals surface area (Å²) in [6, 6.07) is 3.61. The molecule has 2 rings (SSSR count). The lowest BCUT2D eigenvalue weighted by molar-refractivity contribution is 0.546. The zero-order valence-electron chi connectivity index (χ0n) is 9.10. The van der Waals surface area contributed by atoms with Crippen LogP contribution in [0, 0.1) is 17.6 Å². The predicted octanol–water partition coefficient (Wildman–Crippen LogP) is 2.38. The molecule has 1 saturated heterocycles. The van der Waals surface area contributed by atoms with Gasteiger partial charge in [-0.05, 0) is 44.0 Å². The molecule has 2 nitrogen and oxygen atoms in total. The van der Waals surface area contributed by atoms with Gasteiger partial charge in [-0.25, -0.2) is 8.78 Å². The summed E-state index contributed by atoms with van der Waals surface area (Å²) in [7, 11) is 0. The quantitative estimate of drug-likeness (QED) is 0.823. The molecule has 1 aromatic carbocycles. The third kappa shape index (κ3) is 2.92. The Morgan fingerprint density at radius 1 is 1.38 bits per heavy atom. The van der Waals surface area contributed by atoms with Gasteiger partial charge >= 0.3 is 0 Å². The zero-order valence-corrected chi connectivity index (χ0v) is 9.10. The van der Waals surface area contributed by atoms with E-state index in [4.69, 9.17) is 0 Å². The van der Waals surface area contributed by atoms with Crippen LogP contribution in [-0.2, 0) is 0 Å². The summed E-state index contributed by atoms with van der Waals surface area (Å²) in [5, 5.41) is 6.29. The highest BCUT2D eigenvalue weighted by atomic mass is 19.1. The Morgan fingerprint density at radius 3 is 2.94 bits per heavy atom. The Labute approximate surface area is 94.0 Å². The number of benzene rings is 1. The van der Waals surface area contributed by atoms with E-state index in [0.29, 0.717) is 11.6 Å². The second-order valence-corrected chi connectivity index (χ2v) is 4.20. The van der Waals surface area contributed by atoms with Crippen molar-refractivity contribution in [2.24, 2.45) is 5.92 Å². The standard InChI is InChI=1S/C12H16F2N2/c13-10-1-2-12(11(14)7-10)16-6-4-9-3-5-15-8-9/h1-2,7,9,15-16H,3-6,8H2. The molecule has 1 aromatic rings. The molecule has 4 heteroatoms. The fraction of sp³-hybridized carbons (Fsp3) is 0.500. The molecule has 1 atom stereocenters. The van der Waals surface area contributed by atoms with E-state index >= 15 is 0 Å². The van der Waals surface area contributed by atoms with Crippen LogP contribution in [-0.4, -0.2) is 19.6 Å². The van der Waals surface area contributed by atoms with Crippen molar-refractivity contribution in [3.05, 3.63) is 29.8 Å². The van der Waals surface area contributed by atoms with E-state index in [0.717, 1.165) is 32.1 Å². The summed E-state index contributed by atoms with van der Waals surface area (Å²) >= 11 is 0. The Balaban J connectivity index is 1.80. The largest absolute Gasteiger partial charge is 0.383 e. The highest BCUT2D eigenvalue weighted by Gasteiger charge is 2.13. The van der Waals surface area contributed by atoms with Crippen LogP contribution in [0.5, 0.6) is 0 Å². The van der Waals surface area contributed by atoms with E-state index in [2.05, 4.69) is 10.6 Å². The van der Waals surface area contributed by atoms with Gasteiger partial charge in [0.25, 0.3) is 0 Å². The van der Waals surface area contributed by atoms with Crippen LogP contribution in [0.25, 0.3) is 0 Å². The molecular weight excluding hydrogens is 210 g/mol. The molecule has 16 heavy (non-hydrogen) atoms. The monoisotopic (exact) mass is 226 g/mol. The molecule has 0 radical (unpaired) electrons. The van der Waals surface area contributed by atoms with Gasteiger partial charge in [0.2, 0.25) is 0 Å². The van der Waals surface area contributed by atoms with Crippen LogP contribution in [0.3, 0.4) is 0 Å². The number of hydrogen-bond acceptors (Lipinski definition) is 2. The maximum absolute atomic E-state index is 13.2. The fourth-order valence-corrected chi connectivity index (χ4v) is 2.00. The summed E-state index contributed by atoms with van der Waals surface area (Å²) in [4.78, 5) is 0. The normalized spacial score (nSPS) is 20.0. The summed E-state index contributed by atoms with van der Waals surface area (Å²) in [5.41, 5.74) is 0.382. The number of halogens is 2. The van der Waals surface area contributed by atoms with Gasteiger partial charge in [-0.15, -0.1) is 0 Å². The summed E-state index contributed by atoms with van der Waals surface area (Å²) in [5.74, 6) is -0.386. The third-order valence-electron chi connectivity index (χ3n) is 2.96. The van der Waals surface area contributed by atoms with Crippen LogP contribution >= 0.6 is 0 Å². The van der Waals surface area contributed by atoms with Crippen molar-refractivity contribution in [3.63, 3.8) is 0 Å². The maximum Gasteiger partial charge on any atom is 0.149 e. The van der Waals surface area contributed by atoms with Gasteiger partial charge in [-0.3, -0.25) is 0 Å². The Morgan fingerprint density at radius 2 is 2.25 bits per heavy atom. The van der Waals surface area contributed by atoms with Crippen LogP contribution in [0.4, 0.5) is 14.5 Å². The molecule has 0 amide bonds. The maximum atomic E-state index is 13.2. The lowest BCUT2D eigenvalue weighted by atomic mass is 10.1. The van der Waals surface area contributed by atoms with E-state index in [1.165, 1.54) is 18.6 Å². The van der Waals surface area contributed by atoms with Gasteiger partial charge in [0.15, 0.2) is 0 Å². The van der Waals surface area contributed by atoms with Crippen molar-refractivity contribution in [2.45, 2.75) is 12.8 Å². The first-order chi connectivity index (χ1) is 7.75. The summed E-state index contributed by atoms with van der Waals surface area (Å²) in [6.45, 7) is 2.86. The average molecular weight is 226 g/mol. The van der Waals surface area contributed by atoms with Crippen molar-refractivity contribution in [1.29, 1.82) is 0 Å². The van der Waals surface area contributed by atoms with E-state index < -0.39 is 11.6 Å². The molecule has 1 aliphatic heterocycles. The SMILES string of the molecule is Fc1ccc(NCCC2CCNC2)c(F)c1. The second-order valence-electron chi connectivity index (χ2n) is 4.20. The predicted molar refractivity (Wildman–Crippen MR) is 60.4 cm³/mol. The minimum Gasteiger partial charge on any atom is -0.383 e. The Hall–Kier alpha value is -1.16. The van der Waals surface area contributed by atoms with Crippen LogP contribution in [0.2, 0.25) is 0 Å². The summed E-state index contributed by atoms with van der Waals surface area (Å²) < 4.78 is 25.9. The number of anilines is 1. The van der Waals surface area contributed by atoms with Crippen molar-refractivity contribution in [3.8, 4) is 0 Å². The molecule has 0 saturated carbocycles. The second kappa shape index (κ2) is 5.25. The highest BCUT2D eigenvalue weighted by Crippen LogP contribution is 2.16. The van der Waals surface area contributed by atoms with Crippen molar-refractivity contribution < 1.29 is 8.78 Å². The first-order valence-electron chi connectivity index (χ1n) is 5.65. The molecule has 0 spiro atoms. The van der Waals surface area contributed by atoms with Gasteiger partial charge in [0.1, 0.15) is 11.6 Å². The summed E-state index contributed by atoms with van der Waals surface area (Å²) in [6.07, 6.45) is 2.21. The molecule has 1 fully saturated rings. The number of rotatable bonds is 4. The van der Waals surface area contributed by atoms with E-state index in [9.17, 15) is 8.78 Å². The number of nitrogens with one attached hydrogen (secondary N) is 2. The van der Waals surface area contributed by atoms with Gasteiger partial charge < -0.3 is 10.6 Å². The zero-order chi connectivity index (χ0) is 11.4. The van der Waals surface area contributed by atoms with E-state index in [1.54, 1.807) is 0 Å². The Bertz CT molecular complexity index is 349. The lowest BCUT2D eigenvalue weighted by Crippen LogP contribution is -2.13. The minimum atomic E-state index is -0.539. The highest BCUT2D eigenvalue weighted by molar-refractivity contribution is 5.44. The fourth-order valence-electron chi connectivity index (χ4n) is 2.00. The molecule has 2 N–H and O–H groups in total. The topological polar surface area (TPSA) is 24.1 Å². The minimum absolute atomic E-state index is 0.382. The molecular formula is C12H16F2N2. The third-order valence-corrected chi connectivity index (χ3v) is 2.96. The number of hydrogen-bond donors (Lipinski definition) is 2.